The highest BCUT2D eigenvalue weighted by Crippen LogP contribution is 2.19. The highest BCUT2D eigenvalue weighted by atomic mass is 19.1. The van der Waals surface area contributed by atoms with Crippen LogP contribution in [0.2, 0.25) is 0 Å². The summed E-state index contributed by atoms with van der Waals surface area (Å²) < 4.78 is 14.7. The average molecular weight is 276 g/mol. The van der Waals surface area contributed by atoms with Crippen LogP contribution in [0, 0.1) is 5.82 Å². The quantitative estimate of drug-likeness (QED) is 0.848. The predicted octanol–water partition coefficient (Wildman–Crippen LogP) is 2.07. The van der Waals surface area contributed by atoms with Crippen LogP contribution in [-0.4, -0.2) is 15.7 Å². The Morgan fingerprint density at radius 3 is 2.75 bits per heavy atom. The van der Waals surface area contributed by atoms with Crippen LogP contribution in [0.15, 0.2) is 36.7 Å². The highest BCUT2D eigenvalue weighted by Gasteiger charge is 2.18. The van der Waals surface area contributed by atoms with Crippen molar-refractivity contribution in [2.75, 3.05) is 5.32 Å². The van der Waals surface area contributed by atoms with Crippen LogP contribution in [0.3, 0.4) is 0 Å². The number of amides is 1. The van der Waals surface area contributed by atoms with E-state index in [2.05, 4.69) is 17.3 Å². The highest BCUT2D eigenvalue weighted by molar-refractivity contribution is 5.84. The molecule has 0 unspecified atom stereocenters. The number of anilines is 1. The van der Waals surface area contributed by atoms with Gasteiger partial charge in [-0.2, -0.15) is 5.10 Å². The van der Waals surface area contributed by atoms with E-state index in [9.17, 15) is 9.18 Å². The number of nitrogens with one attached hydrogen (secondary N) is 1. The Hall–Kier alpha value is -2.37. The van der Waals surface area contributed by atoms with Gasteiger partial charge in [0, 0.05) is 12.7 Å². The van der Waals surface area contributed by atoms with Gasteiger partial charge in [-0.25, -0.2) is 4.39 Å². The van der Waals surface area contributed by atoms with Gasteiger partial charge in [-0.3, -0.25) is 9.48 Å². The van der Waals surface area contributed by atoms with E-state index in [1.54, 1.807) is 10.9 Å². The first-order chi connectivity index (χ1) is 9.60. The Morgan fingerprint density at radius 2 is 2.15 bits per heavy atom. The molecule has 0 aliphatic heterocycles. The summed E-state index contributed by atoms with van der Waals surface area (Å²) in [7, 11) is 0. The van der Waals surface area contributed by atoms with Gasteiger partial charge in [0.2, 0.25) is 5.91 Å². The SMILES string of the molecule is CCCn1cc(N[C@H](C(N)=O)c2ccc(F)cc2)cn1. The molecule has 0 fully saturated rings. The van der Waals surface area contributed by atoms with Crippen molar-refractivity contribution in [1.29, 1.82) is 0 Å². The molecule has 106 valence electrons. The minimum absolute atomic E-state index is 0.354. The van der Waals surface area contributed by atoms with E-state index >= 15 is 0 Å². The van der Waals surface area contributed by atoms with Crippen molar-refractivity contribution in [2.45, 2.75) is 25.9 Å². The summed E-state index contributed by atoms with van der Waals surface area (Å²) in [5, 5.41) is 7.18. The molecule has 20 heavy (non-hydrogen) atoms. The number of nitrogens with zero attached hydrogens (tertiary/aromatic N) is 2. The molecule has 0 spiro atoms. The number of carbonyl (C=O) groups excluding carboxylic acids is 1. The minimum Gasteiger partial charge on any atom is -0.368 e. The van der Waals surface area contributed by atoms with Gasteiger partial charge < -0.3 is 11.1 Å². The monoisotopic (exact) mass is 276 g/mol. The molecule has 3 N–H and O–H groups in total. The van der Waals surface area contributed by atoms with E-state index in [-0.39, 0.29) is 5.82 Å². The maximum atomic E-state index is 12.9. The number of aromatic nitrogens is 2. The zero-order valence-corrected chi connectivity index (χ0v) is 11.2. The first kappa shape index (κ1) is 14.0. The lowest BCUT2D eigenvalue weighted by Gasteiger charge is -2.15. The van der Waals surface area contributed by atoms with Gasteiger partial charge in [0.05, 0.1) is 11.9 Å². The van der Waals surface area contributed by atoms with Gasteiger partial charge in [0.25, 0.3) is 0 Å². The van der Waals surface area contributed by atoms with E-state index in [0.29, 0.717) is 11.3 Å². The van der Waals surface area contributed by atoms with Crippen LogP contribution in [-0.2, 0) is 11.3 Å². The maximum Gasteiger partial charge on any atom is 0.244 e. The third-order valence-corrected chi connectivity index (χ3v) is 2.88. The zero-order valence-electron chi connectivity index (χ0n) is 11.2. The Kier molecular flexibility index (Phi) is 4.34. The van der Waals surface area contributed by atoms with Crippen molar-refractivity contribution >= 4 is 11.6 Å². The number of benzene rings is 1. The van der Waals surface area contributed by atoms with Crippen LogP contribution < -0.4 is 11.1 Å². The molecule has 0 radical (unpaired) electrons. The Morgan fingerprint density at radius 1 is 1.45 bits per heavy atom. The number of hydrogen-bond acceptors (Lipinski definition) is 3. The number of hydrogen-bond donors (Lipinski definition) is 2. The first-order valence-corrected chi connectivity index (χ1v) is 6.44. The first-order valence-electron chi connectivity index (χ1n) is 6.44. The van der Waals surface area contributed by atoms with E-state index in [0.717, 1.165) is 13.0 Å². The third kappa shape index (κ3) is 3.34. The molecule has 1 aromatic carbocycles. The van der Waals surface area contributed by atoms with Crippen LogP contribution in [0.4, 0.5) is 10.1 Å². The number of rotatable bonds is 6. The molecular formula is C14H17FN4O. The Balaban J connectivity index is 2.16. The molecule has 0 saturated heterocycles. The van der Waals surface area contributed by atoms with Crippen molar-refractivity contribution in [3.05, 3.63) is 48.0 Å². The zero-order chi connectivity index (χ0) is 14.5. The Labute approximate surface area is 116 Å². The molecule has 1 heterocycles. The number of carbonyl (C=O) groups is 1. The lowest BCUT2D eigenvalue weighted by atomic mass is 10.1. The molecule has 1 atom stereocenters. The van der Waals surface area contributed by atoms with Crippen LogP contribution in [0.5, 0.6) is 0 Å². The summed E-state index contributed by atoms with van der Waals surface area (Å²) in [5.41, 5.74) is 6.71. The molecule has 0 aliphatic rings. The fourth-order valence-electron chi connectivity index (χ4n) is 1.93. The summed E-state index contributed by atoms with van der Waals surface area (Å²) in [6, 6.07) is 4.96. The summed E-state index contributed by atoms with van der Waals surface area (Å²) in [5.74, 6) is -0.882. The standard InChI is InChI=1S/C14H17FN4O/c1-2-7-19-9-12(8-17-19)18-13(14(16)20)10-3-5-11(15)6-4-10/h3-6,8-9,13,18H,2,7H2,1H3,(H2,16,20)/t13-/m0/s1. The number of nitrogens with two attached hydrogens (primary N) is 1. The molecule has 6 heteroatoms. The van der Waals surface area contributed by atoms with Crippen LogP contribution >= 0.6 is 0 Å². The van der Waals surface area contributed by atoms with Crippen molar-refractivity contribution in [2.24, 2.45) is 5.73 Å². The average Bonchev–Trinajstić information content (AvgIpc) is 2.85. The van der Waals surface area contributed by atoms with Gasteiger partial charge in [0.1, 0.15) is 11.9 Å². The minimum atomic E-state index is -0.713. The molecule has 1 amide bonds. The number of halogens is 1. The molecule has 0 aliphatic carbocycles. The normalized spacial score (nSPS) is 12.1. The Bertz CT molecular complexity index is 579. The van der Waals surface area contributed by atoms with Gasteiger partial charge in [-0.15, -0.1) is 0 Å². The molecule has 2 rings (SSSR count). The largest absolute Gasteiger partial charge is 0.368 e. The van der Waals surface area contributed by atoms with Gasteiger partial charge in [0.15, 0.2) is 0 Å². The summed E-state index contributed by atoms with van der Waals surface area (Å²) in [6.07, 6.45) is 4.41. The van der Waals surface area contributed by atoms with E-state index in [1.807, 2.05) is 6.20 Å². The van der Waals surface area contributed by atoms with E-state index < -0.39 is 11.9 Å². The summed E-state index contributed by atoms with van der Waals surface area (Å²) in [6.45, 7) is 2.86. The smallest absolute Gasteiger partial charge is 0.244 e. The topological polar surface area (TPSA) is 72.9 Å². The summed E-state index contributed by atoms with van der Waals surface area (Å²) >= 11 is 0. The second kappa shape index (κ2) is 6.18. The van der Waals surface area contributed by atoms with E-state index in [4.69, 9.17) is 5.73 Å². The van der Waals surface area contributed by atoms with Crippen LogP contribution in [0.1, 0.15) is 24.9 Å². The molecular weight excluding hydrogens is 259 g/mol. The van der Waals surface area contributed by atoms with Crippen molar-refractivity contribution < 1.29 is 9.18 Å². The molecule has 5 nitrogen and oxygen atoms in total. The number of primary amides is 1. The maximum absolute atomic E-state index is 12.9. The lowest BCUT2D eigenvalue weighted by molar-refractivity contribution is -0.118. The van der Waals surface area contributed by atoms with Gasteiger partial charge in [-0.1, -0.05) is 19.1 Å². The molecule has 2 aromatic rings. The number of aryl methyl sites for hydroxylation is 1. The third-order valence-electron chi connectivity index (χ3n) is 2.88. The van der Waals surface area contributed by atoms with Crippen molar-refractivity contribution in [3.63, 3.8) is 0 Å². The van der Waals surface area contributed by atoms with Crippen molar-refractivity contribution in [1.82, 2.24) is 9.78 Å². The van der Waals surface area contributed by atoms with Gasteiger partial charge >= 0.3 is 0 Å². The van der Waals surface area contributed by atoms with Crippen LogP contribution in [0.25, 0.3) is 0 Å². The van der Waals surface area contributed by atoms with Crippen molar-refractivity contribution in [3.8, 4) is 0 Å². The van der Waals surface area contributed by atoms with E-state index in [1.165, 1.54) is 24.3 Å². The fraction of sp³-hybridized carbons (Fsp3) is 0.286. The predicted molar refractivity (Wildman–Crippen MR) is 74.5 cm³/mol. The molecule has 1 aromatic heterocycles. The fourth-order valence-corrected chi connectivity index (χ4v) is 1.93. The lowest BCUT2D eigenvalue weighted by Crippen LogP contribution is -2.27. The summed E-state index contributed by atoms with van der Waals surface area (Å²) in [4.78, 5) is 11.6. The second-order valence-electron chi connectivity index (χ2n) is 4.52. The molecule has 0 bridgehead atoms. The second-order valence-corrected chi connectivity index (χ2v) is 4.52. The molecule has 0 saturated carbocycles. The van der Waals surface area contributed by atoms with Gasteiger partial charge in [-0.05, 0) is 24.1 Å².